The highest BCUT2D eigenvalue weighted by Crippen LogP contribution is 2.43. The third-order valence-corrected chi connectivity index (χ3v) is 4.09. The maximum Gasteiger partial charge on any atom is 0.408 e. The molecule has 1 aromatic heterocycles. The molecular weight excluding hydrogens is 358 g/mol. The van der Waals surface area contributed by atoms with E-state index in [1.54, 1.807) is 25.4 Å². The first-order valence-corrected chi connectivity index (χ1v) is 7.24. The third kappa shape index (κ3) is 2.45. The minimum atomic E-state index is -1.07. The van der Waals surface area contributed by atoms with Gasteiger partial charge in [-0.05, 0) is 47.1 Å². The summed E-state index contributed by atoms with van der Waals surface area (Å²) in [7, 11) is 0. The number of halogens is 3. The fourth-order valence-corrected chi connectivity index (χ4v) is 2.91. The van der Waals surface area contributed by atoms with Crippen LogP contribution in [-0.2, 0) is 10.3 Å². The molecule has 0 saturated carbocycles. The van der Waals surface area contributed by atoms with Crippen molar-refractivity contribution in [2.75, 3.05) is 0 Å². The van der Waals surface area contributed by atoms with Gasteiger partial charge in [0.25, 0.3) is 0 Å². The molecule has 22 heavy (non-hydrogen) atoms. The monoisotopic (exact) mass is 368 g/mol. The molecule has 1 aliphatic rings. The maximum atomic E-state index is 14.1. The van der Waals surface area contributed by atoms with Gasteiger partial charge in [0, 0.05) is 28.0 Å². The van der Waals surface area contributed by atoms with E-state index in [2.05, 4.69) is 26.2 Å². The van der Waals surface area contributed by atoms with E-state index in [1.807, 2.05) is 0 Å². The standard InChI is InChI=1S/C15H11BrF2N2O2/c1-15(8-4-9(16)7-19-6-8)13(22-14(21)20-15)11-5-10(17)2-3-12(11)18/h2-7,13H,1H3,(H,20,21)/t13?,15-/m1/s1. The number of carbonyl (C=O) groups is 1. The lowest BCUT2D eigenvalue weighted by atomic mass is 9.84. The van der Waals surface area contributed by atoms with Crippen molar-refractivity contribution in [1.82, 2.24) is 10.3 Å². The van der Waals surface area contributed by atoms with E-state index < -0.39 is 29.4 Å². The van der Waals surface area contributed by atoms with Crippen molar-refractivity contribution in [3.8, 4) is 0 Å². The van der Waals surface area contributed by atoms with Gasteiger partial charge in [0.2, 0.25) is 0 Å². The Morgan fingerprint density at radius 1 is 1.32 bits per heavy atom. The summed E-state index contributed by atoms with van der Waals surface area (Å²) in [5.41, 5.74) is -0.482. The average Bonchev–Trinajstić information content (AvgIpc) is 2.78. The van der Waals surface area contributed by atoms with Gasteiger partial charge in [-0.25, -0.2) is 13.6 Å². The predicted octanol–water partition coefficient (Wildman–Crippen LogP) is 3.82. The van der Waals surface area contributed by atoms with Gasteiger partial charge in [-0.15, -0.1) is 0 Å². The van der Waals surface area contributed by atoms with Gasteiger partial charge in [0.15, 0.2) is 6.10 Å². The Kier molecular flexibility index (Phi) is 3.60. The molecule has 1 unspecified atom stereocenters. The van der Waals surface area contributed by atoms with Crippen LogP contribution in [0.2, 0.25) is 0 Å². The molecule has 1 saturated heterocycles. The number of carbonyl (C=O) groups excluding carboxylic acids is 1. The van der Waals surface area contributed by atoms with Gasteiger partial charge < -0.3 is 10.1 Å². The van der Waals surface area contributed by atoms with Gasteiger partial charge in [-0.2, -0.15) is 0 Å². The lowest BCUT2D eigenvalue weighted by Crippen LogP contribution is -2.39. The Morgan fingerprint density at radius 2 is 2.09 bits per heavy atom. The zero-order valence-electron chi connectivity index (χ0n) is 11.4. The minimum Gasteiger partial charge on any atom is -0.438 e. The summed E-state index contributed by atoms with van der Waals surface area (Å²) >= 11 is 3.30. The highest BCUT2D eigenvalue weighted by molar-refractivity contribution is 9.10. The van der Waals surface area contributed by atoms with E-state index in [0.29, 0.717) is 10.0 Å². The maximum absolute atomic E-state index is 14.1. The smallest absolute Gasteiger partial charge is 0.408 e. The molecule has 1 aromatic carbocycles. The summed E-state index contributed by atoms with van der Waals surface area (Å²) < 4.78 is 33.4. The van der Waals surface area contributed by atoms with Crippen molar-refractivity contribution in [3.63, 3.8) is 0 Å². The van der Waals surface area contributed by atoms with Gasteiger partial charge in [-0.3, -0.25) is 4.98 Å². The second-order valence-electron chi connectivity index (χ2n) is 5.17. The van der Waals surface area contributed by atoms with Crippen LogP contribution < -0.4 is 5.32 Å². The molecule has 7 heteroatoms. The Labute approximate surface area is 133 Å². The number of aromatic nitrogens is 1. The molecule has 2 aromatic rings. The van der Waals surface area contributed by atoms with Crippen molar-refractivity contribution in [1.29, 1.82) is 0 Å². The van der Waals surface area contributed by atoms with Crippen LogP contribution in [0.25, 0.3) is 0 Å². The van der Waals surface area contributed by atoms with Gasteiger partial charge in [0.1, 0.15) is 17.2 Å². The molecule has 2 heterocycles. The van der Waals surface area contributed by atoms with Crippen molar-refractivity contribution in [2.24, 2.45) is 0 Å². The summed E-state index contributed by atoms with van der Waals surface area (Å²) in [4.78, 5) is 15.8. The molecule has 1 N–H and O–H groups in total. The summed E-state index contributed by atoms with van der Waals surface area (Å²) in [6, 6.07) is 4.80. The molecule has 3 rings (SSSR count). The van der Waals surface area contributed by atoms with Crippen LogP contribution in [0.1, 0.15) is 24.2 Å². The minimum absolute atomic E-state index is 0.0270. The molecule has 0 radical (unpaired) electrons. The van der Waals surface area contributed by atoms with Crippen LogP contribution in [-0.4, -0.2) is 11.1 Å². The van der Waals surface area contributed by atoms with E-state index in [9.17, 15) is 13.6 Å². The number of amides is 1. The number of nitrogens with one attached hydrogen (secondary N) is 1. The van der Waals surface area contributed by atoms with Crippen molar-refractivity contribution >= 4 is 22.0 Å². The van der Waals surface area contributed by atoms with Crippen LogP contribution in [0.4, 0.5) is 13.6 Å². The zero-order valence-corrected chi connectivity index (χ0v) is 13.0. The number of hydrogen-bond acceptors (Lipinski definition) is 3. The summed E-state index contributed by atoms with van der Waals surface area (Å²) in [5, 5.41) is 2.66. The predicted molar refractivity (Wildman–Crippen MR) is 78.0 cm³/mol. The Balaban J connectivity index is 2.13. The van der Waals surface area contributed by atoms with Crippen LogP contribution in [0.15, 0.2) is 41.1 Å². The van der Waals surface area contributed by atoms with E-state index in [-0.39, 0.29) is 5.56 Å². The van der Waals surface area contributed by atoms with Crippen LogP contribution >= 0.6 is 15.9 Å². The molecule has 2 atom stereocenters. The molecule has 1 aliphatic heterocycles. The van der Waals surface area contributed by atoms with Gasteiger partial charge >= 0.3 is 6.09 Å². The molecule has 0 aliphatic carbocycles. The van der Waals surface area contributed by atoms with Gasteiger partial charge in [0.05, 0.1) is 0 Å². The van der Waals surface area contributed by atoms with E-state index in [4.69, 9.17) is 4.74 Å². The highest BCUT2D eigenvalue weighted by Gasteiger charge is 2.48. The SMILES string of the molecule is C[C@]1(c2cncc(Br)c2)NC(=O)OC1c1cc(F)ccc1F. The number of pyridine rings is 1. The first kappa shape index (κ1) is 14.9. The fourth-order valence-electron chi connectivity index (χ4n) is 2.54. The quantitative estimate of drug-likeness (QED) is 0.876. The van der Waals surface area contributed by atoms with Gasteiger partial charge in [-0.1, -0.05) is 0 Å². The second kappa shape index (κ2) is 5.31. The Hall–Kier alpha value is -2.02. The highest BCUT2D eigenvalue weighted by atomic mass is 79.9. The summed E-state index contributed by atoms with van der Waals surface area (Å²) in [6.07, 6.45) is 1.43. The third-order valence-electron chi connectivity index (χ3n) is 3.66. The molecule has 1 fully saturated rings. The first-order chi connectivity index (χ1) is 10.4. The molecule has 0 spiro atoms. The van der Waals surface area contributed by atoms with E-state index in [0.717, 1.165) is 18.2 Å². The normalized spacial score (nSPS) is 24.0. The number of cyclic esters (lactones) is 1. The van der Waals surface area contributed by atoms with Crippen LogP contribution in [0.5, 0.6) is 0 Å². The van der Waals surface area contributed by atoms with Crippen LogP contribution in [0.3, 0.4) is 0 Å². The molecule has 0 bridgehead atoms. The van der Waals surface area contributed by atoms with Crippen LogP contribution in [0, 0.1) is 11.6 Å². The zero-order chi connectivity index (χ0) is 15.9. The molecule has 4 nitrogen and oxygen atoms in total. The Morgan fingerprint density at radius 3 is 2.82 bits per heavy atom. The number of hydrogen-bond donors (Lipinski definition) is 1. The number of rotatable bonds is 2. The number of benzene rings is 1. The second-order valence-corrected chi connectivity index (χ2v) is 6.09. The van der Waals surface area contributed by atoms with Crippen molar-refractivity contribution in [3.05, 3.63) is 63.9 Å². The first-order valence-electron chi connectivity index (χ1n) is 6.45. The van der Waals surface area contributed by atoms with E-state index in [1.165, 1.54) is 0 Å². The average molecular weight is 369 g/mol. The topological polar surface area (TPSA) is 51.2 Å². The Bertz CT molecular complexity index is 756. The number of alkyl carbamates (subject to hydrolysis) is 1. The largest absolute Gasteiger partial charge is 0.438 e. The number of ether oxygens (including phenoxy) is 1. The fraction of sp³-hybridized carbons (Fsp3) is 0.200. The lowest BCUT2D eigenvalue weighted by molar-refractivity contribution is 0.109. The van der Waals surface area contributed by atoms with Crippen molar-refractivity contribution < 1.29 is 18.3 Å². The molecule has 1 amide bonds. The molecular formula is C15H11BrF2N2O2. The lowest BCUT2D eigenvalue weighted by Gasteiger charge is -2.29. The summed E-state index contributed by atoms with van der Waals surface area (Å²) in [5.74, 6) is -1.24. The number of nitrogens with zero attached hydrogens (tertiary/aromatic N) is 1. The molecule has 114 valence electrons. The summed E-state index contributed by atoms with van der Waals surface area (Å²) in [6.45, 7) is 1.68. The van der Waals surface area contributed by atoms with E-state index >= 15 is 0 Å². The van der Waals surface area contributed by atoms with Crippen molar-refractivity contribution in [2.45, 2.75) is 18.6 Å².